The highest BCUT2D eigenvalue weighted by Gasteiger charge is 2.21. The largest absolute Gasteiger partial charge is 0.496 e. The maximum absolute atomic E-state index is 12.1. The Hall–Kier alpha value is -1.60. The fraction of sp³-hybridized carbons (Fsp3) is 0.462. The number of carboxylic acid groups (broad SMARTS) is 1. The highest BCUT2D eigenvalue weighted by atomic mass is 32.2. The third-order valence-corrected chi connectivity index (χ3v) is 4.40. The molecule has 0 aliphatic rings. The first-order chi connectivity index (χ1) is 9.19. The number of hydrogen-bond acceptors (Lipinski definition) is 4. The van der Waals surface area contributed by atoms with E-state index < -0.39 is 22.5 Å². The van der Waals surface area contributed by atoms with Gasteiger partial charge >= 0.3 is 5.97 Å². The number of aliphatic carboxylic acids is 1. The molecule has 0 aromatic heterocycles. The average Bonchev–Trinajstić information content (AvgIpc) is 2.35. The average molecular weight is 301 g/mol. The molecule has 0 aliphatic carbocycles. The lowest BCUT2D eigenvalue weighted by atomic mass is 10.0. The van der Waals surface area contributed by atoms with Crippen LogP contribution in [-0.2, 0) is 14.8 Å². The number of carboxylic acids is 1. The Morgan fingerprint density at radius 1 is 1.40 bits per heavy atom. The van der Waals surface area contributed by atoms with Gasteiger partial charge in [0.1, 0.15) is 12.3 Å². The predicted octanol–water partition coefficient (Wildman–Crippen LogP) is 1.49. The zero-order chi connectivity index (χ0) is 15.5. The first-order valence-electron chi connectivity index (χ1n) is 6.09. The van der Waals surface area contributed by atoms with Gasteiger partial charge in [-0.2, -0.15) is 4.72 Å². The van der Waals surface area contributed by atoms with Crippen molar-refractivity contribution in [3.8, 4) is 5.75 Å². The predicted molar refractivity (Wildman–Crippen MR) is 74.6 cm³/mol. The molecule has 0 atom stereocenters. The van der Waals surface area contributed by atoms with Gasteiger partial charge in [-0.1, -0.05) is 13.8 Å². The first-order valence-corrected chi connectivity index (χ1v) is 7.57. The zero-order valence-corrected chi connectivity index (χ0v) is 12.7. The summed E-state index contributed by atoms with van der Waals surface area (Å²) in [5, 5.41) is 8.57. The maximum Gasteiger partial charge on any atom is 0.318 e. The molecule has 0 fully saturated rings. The summed E-state index contributed by atoms with van der Waals surface area (Å²) in [4.78, 5) is 10.6. The number of rotatable bonds is 6. The molecule has 0 saturated carbocycles. The third kappa shape index (κ3) is 3.71. The van der Waals surface area contributed by atoms with Gasteiger partial charge in [-0.25, -0.2) is 8.42 Å². The van der Waals surface area contributed by atoms with E-state index in [0.29, 0.717) is 11.3 Å². The van der Waals surface area contributed by atoms with E-state index in [1.165, 1.54) is 13.2 Å². The monoisotopic (exact) mass is 301 g/mol. The minimum atomic E-state index is -3.85. The molecule has 1 aromatic carbocycles. The lowest BCUT2D eigenvalue weighted by Crippen LogP contribution is -2.30. The van der Waals surface area contributed by atoms with Crippen molar-refractivity contribution in [1.29, 1.82) is 0 Å². The number of sulfonamides is 1. The number of ether oxygens (including phenoxy) is 1. The molecule has 0 radical (unpaired) electrons. The highest BCUT2D eigenvalue weighted by Crippen LogP contribution is 2.31. The lowest BCUT2D eigenvalue weighted by molar-refractivity contribution is -0.135. The second kappa shape index (κ2) is 6.23. The van der Waals surface area contributed by atoms with Crippen LogP contribution in [0.1, 0.15) is 30.9 Å². The second-order valence-corrected chi connectivity index (χ2v) is 6.47. The van der Waals surface area contributed by atoms with Crippen molar-refractivity contribution in [2.75, 3.05) is 13.7 Å². The molecule has 20 heavy (non-hydrogen) atoms. The van der Waals surface area contributed by atoms with Crippen LogP contribution < -0.4 is 9.46 Å². The summed E-state index contributed by atoms with van der Waals surface area (Å²) in [6, 6.07) is 3.17. The van der Waals surface area contributed by atoms with Gasteiger partial charge in [-0.15, -0.1) is 0 Å². The van der Waals surface area contributed by atoms with E-state index in [-0.39, 0.29) is 10.8 Å². The van der Waals surface area contributed by atoms with Gasteiger partial charge in [0.2, 0.25) is 10.0 Å². The normalized spacial score (nSPS) is 11.7. The van der Waals surface area contributed by atoms with Crippen LogP contribution in [0.2, 0.25) is 0 Å². The summed E-state index contributed by atoms with van der Waals surface area (Å²) in [5.74, 6) is -0.530. The van der Waals surface area contributed by atoms with Gasteiger partial charge in [-0.3, -0.25) is 4.79 Å². The Balaban J connectivity index is 3.31. The van der Waals surface area contributed by atoms with Gasteiger partial charge in [0.25, 0.3) is 0 Å². The van der Waals surface area contributed by atoms with Crippen molar-refractivity contribution < 1.29 is 23.1 Å². The molecule has 112 valence electrons. The van der Waals surface area contributed by atoms with Crippen molar-refractivity contribution in [2.45, 2.75) is 31.6 Å². The SMILES string of the molecule is COc1cc(C)c(S(=O)(=O)NCC(=O)O)cc1C(C)C. The Morgan fingerprint density at radius 2 is 2.00 bits per heavy atom. The van der Waals surface area contributed by atoms with Crippen molar-refractivity contribution in [1.82, 2.24) is 4.72 Å². The molecule has 0 bridgehead atoms. The Labute approximate surface area is 118 Å². The standard InChI is InChI=1S/C13H19NO5S/c1-8(2)10-6-12(9(3)5-11(10)19-4)20(17,18)14-7-13(15)16/h5-6,8,14H,7H2,1-4H3,(H,15,16). The topological polar surface area (TPSA) is 92.7 Å². The molecule has 0 unspecified atom stereocenters. The van der Waals surface area contributed by atoms with Crippen molar-refractivity contribution in [2.24, 2.45) is 0 Å². The molecule has 1 aromatic rings. The molecular weight excluding hydrogens is 282 g/mol. The molecule has 7 heteroatoms. The van der Waals surface area contributed by atoms with Crippen molar-refractivity contribution >= 4 is 16.0 Å². The summed E-state index contributed by atoms with van der Waals surface area (Å²) in [6.07, 6.45) is 0. The minimum absolute atomic E-state index is 0.0725. The molecule has 6 nitrogen and oxygen atoms in total. The Bertz CT molecular complexity index is 607. The highest BCUT2D eigenvalue weighted by molar-refractivity contribution is 7.89. The van der Waals surface area contributed by atoms with E-state index in [9.17, 15) is 13.2 Å². The minimum Gasteiger partial charge on any atom is -0.496 e. The van der Waals surface area contributed by atoms with Crippen LogP contribution in [0.25, 0.3) is 0 Å². The van der Waals surface area contributed by atoms with Crippen LogP contribution in [0.3, 0.4) is 0 Å². The van der Waals surface area contributed by atoms with Gasteiger partial charge in [0.15, 0.2) is 0 Å². The van der Waals surface area contributed by atoms with E-state index in [1.54, 1.807) is 13.0 Å². The quantitative estimate of drug-likeness (QED) is 0.830. The smallest absolute Gasteiger partial charge is 0.318 e. The first kappa shape index (κ1) is 16.5. The van der Waals surface area contributed by atoms with Crippen LogP contribution in [0, 0.1) is 6.92 Å². The summed E-state index contributed by atoms with van der Waals surface area (Å²) in [7, 11) is -2.33. The summed E-state index contributed by atoms with van der Waals surface area (Å²) in [5.41, 5.74) is 1.26. The number of nitrogens with one attached hydrogen (secondary N) is 1. The molecule has 0 heterocycles. The number of methoxy groups -OCH3 is 1. The number of carbonyl (C=O) groups is 1. The van der Waals surface area contributed by atoms with E-state index in [0.717, 1.165) is 5.56 Å². The van der Waals surface area contributed by atoms with Crippen molar-refractivity contribution in [3.05, 3.63) is 23.3 Å². The number of aryl methyl sites for hydroxylation is 1. The van der Waals surface area contributed by atoms with Gasteiger partial charge in [0, 0.05) is 0 Å². The Morgan fingerprint density at radius 3 is 2.45 bits per heavy atom. The van der Waals surface area contributed by atoms with Gasteiger partial charge in [-0.05, 0) is 36.1 Å². The fourth-order valence-corrected chi connectivity index (χ4v) is 3.06. The summed E-state index contributed by atoms with van der Waals surface area (Å²) in [6.45, 7) is 4.84. The molecule has 0 aliphatic heterocycles. The second-order valence-electron chi connectivity index (χ2n) is 4.73. The third-order valence-electron chi connectivity index (χ3n) is 2.85. The van der Waals surface area contributed by atoms with Gasteiger partial charge < -0.3 is 9.84 Å². The number of hydrogen-bond donors (Lipinski definition) is 2. The van der Waals surface area contributed by atoms with E-state index >= 15 is 0 Å². The molecule has 2 N–H and O–H groups in total. The van der Waals surface area contributed by atoms with Crippen molar-refractivity contribution in [3.63, 3.8) is 0 Å². The maximum atomic E-state index is 12.1. The lowest BCUT2D eigenvalue weighted by Gasteiger charge is -2.16. The van der Waals surface area contributed by atoms with Gasteiger partial charge in [0.05, 0.1) is 12.0 Å². The van der Waals surface area contributed by atoms with E-state index in [1.807, 2.05) is 13.8 Å². The molecular formula is C13H19NO5S. The number of benzene rings is 1. The van der Waals surface area contributed by atoms with Crippen LogP contribution >= 0.6 is 0 Å². The molecule has 0 amide bonds. The molecule has 0 saturated heterocycles. The van der Waals surface area contributed by atoms with E-state index in [2.05, 4.69) is 4.72 Å². The molecule has 0 spiro atoms. The van der Waals surface area contributed by atoms with E-state index in [4.69, 9.17) is 9.84 Å². The Kier molecular flexibility index (Phi) is 5.13. The fourth-order valence-electron chi connectivity index (χ4n) is 1.83. The van der Waals surface area contributed by atoms with Crippen LogP contribution in [-0.4, -0.2) is 33.1 Å². The van der Waals surface area contributed by atoms with Crippen LogP contribution in [0.15, 0.2) is 17.0 Å². The zero-order valence-electron chi connectivity index (χ0n) is 11.9. The molecule has 1 rings (SSSR count). The van der Waals surface area contributed by atoms with Crippen LogP contribution in [0.4, 0.5) is 0 Å². The summed E-state index contributed by atoms with van der Waals surface area (Å²) < 4.78 is 31.5. The summed E-state index contributed by atoms with van der Waals surface area (Å²) >= 11 is 0. The van der Waals surface area contributed by atoms with Crippen LogP contribution in [0.5, 0.6) is 5.75 Å².